The number of hydrogen-bond donors (Lipinski definition) is 1. The first-order valence-electron chi connectivity index (χ1n) is 21.4. The number of nitrogens with one attached hydrogen (secondary N) is 1. The highest BCUT2D eigenvalue weighted by Crippen LogP contribution is 2.76. The van der Waals surface area contributed by atoms with Gasteiger partial charge in [-0.3, -0.25) is 9.59 Å². The average molecular weight is 792 g/mol. The number of thiocarbonyl (C=S) groups is 1. The fourth-order valence-corrected chi connectivity index (χ4v) is 14.3. The van der Waals surface area contributed by atoms with Crippen LogP contribution in [-0.2, 0) is 14.3 Å². The standard InChI is InChI=1S/C46H69N3O6S/c1-28-14-19-46(40(51)48-22-24-49(25-23-48)41(56)47-31-26-33(52-9)39(54-11)34(27-31)53-10)21-20-44(7)32(38(46)29(28)2)12-13-36-43(6)17-16-37(55-30(3)50)42(4,5)35(43)15-18-45(36,44)8/h12,26-29,35-38H,13-25H2,1-11H3,(H,47,56)/t28-,29+,35+,36-,37+,38+,43+,44-,45-,46+/m1/s1. The van der Waals surface area contributed by atoms with E-state index < -0.39 is 0 Å². The number of piperazine rings is 1. The summed E-state index contributed by atoms with van der Waals surface area (Å²) < 4.78 is 22.6. The maximum Gasteiger partial charge on any atom is 0.302 e. The smallest absolute Gasteiger partial charge is 0.302 e. The van der Waals surface area contributed by atoms with Gasteiger partial charge in [-0.05, 0) is 116 Å². The lowest BCUT2D eigenvalue weighted by atomic mass is 9.33. The van der Waals surface area contributed by atoms with Gasteiger partial charge >= 0.3 is 5.97 Å². The van der Waals surface area contributed by atoms with Crippen LogP contribution in [-0.4, -0.2) is 80.4 Å². The number of rotatable bonds is 6. The van der Waals surface area contributed by atoms with Crippen LogP contribution in [0.15, 0.2) is 23.8 Å². The molecule has 1 saturated heterocycles. The molecule has 0 unspecified atom stereocenters. The molecule has 5 fully saturated rings. The number of anilines is 1. The zero-order valence-corrected chi connectivity index (χ0v) is 37.0. The summed E-state index contributed by atoms with van der Waals surface area (Å²) in [6, 6.07) is 3.72. The fourth-order valence-electron chi connectivity index (χ4n) is 14.0. The van der Waals surface area contributed by atoms with Crippen LogP contribution in [0.4, 0.5) is 5.69 Å². The van der Waals surface area contributed by atoms with E-state index in [0.717, 1.165) is 50.6 Å². The molecule has 0 bridgehead atoms. The van der Waals surface area contributed by atoms with E-state index in [0.29, 0.717) is 78.1 Å². The average Bonchev–Trinajstić information content (AvgIpc) is 3.16. The Morgan fingerprint density at radius 3 is 2.05 bits per heavy atom. The lowest BCUT2D eigenvalue weighted by Crippen LogP contribution is -2.66. The second kappa shape index (κ2) is 14.7. The summed E-state index contributed by atoms with van der Waals surface area (Å²) in [4.78, 5) is 31.7. The first-order valence-corrected chi connectivity index (χ1v) is 21.9. The molecule has 310 valence electrons. The Balaban J connectivity index is 1.11. The van der Waals surface area contributed by atoms with E-state index in [1.54, 1.807) is 33.8 Å². The van der Waals surface area contributed by atoms with E-state index in [1.807, 2.05) is 12.1 Å². The lowest BCUT2D eigenvalue weighted by molar-refractivity contribution is -0.213. The van der Waals surface area contributed by atoms with Crippen LogP contribution in [0.25, 0.3) is 0 Å². The van der Waals surface area contributed by atoms with Crippen molar-refractivity contribution in [2.45, 2.75) is 119 Å². The Kier molecular flexibility index (Phi) is 10.8. The predicted octanol–water partition coefficient (Wildman–Crippen LogP) is 9.14. The summed E-state index contributed by atoms with van der Waals surface area (Å²) in [6.45, 7) is 21.7. The lowest BCUT2D eigenvalue weighted by Gasteiger charge is -2.71. The van der Waals surface area contributed by atoms with Gasteiger partial charge in [0.05, 0.1) is 26.7 Å². The van der Waals surface area contributed by atoms with Gasteiger partial charge in [-0.25, -0.2) is 0 Å². The van der Waals surface area contributed by atoms with Crippen molar-refractivity contribution in [2.75, 3.05) is 52.8 Å². The van der Waals surface area contributed by atoms with Gasteiger partial charge in [-0.15, -0.1) is 0 Å². The third kappa shape index (κ3) is 6.15. The molecule has 6 aliphatic rings. The molecule has 1 aromatic rings. The number of allylic oxidation sites excluding steroid dienone is 2. The van der Waals surface area contributed by atoms with Crippen molar-refractivity contribution in [3.05, 3.63) is 23.8 Å². The summed E-state index contributed by atoms with van der Waals surface area (Å²) >= 11 is 5.91. The Hall–Kier alpha value is -3.01. The molecule has 10 heteroatoms. The van der Waals surface area contributed by atoms with E-state index in [-0.39, 0.29) is 45.1 Å². The van der Waals surface area contributed by atoms with Crippen LogP contribution >= 0.6 is 12.2 Å². The zero-order valence-electron chi connectivity index (χ0n) is 36.1. The predicted molar refractivity (Wildman–Crippen MR) is 225 cm³/mol. The second-order valence-electron chi connectivity index (χ2n) is 19.9. The fraction of sp³-hybridized carbons (Fsp3) is 0.761. The van der Waals surface area contributed by atoms with Gasteiger partial charge in [0.1, 0.15) is 6.10 Å². The zero-order chi connectivity index (χ0) is 40.6. The molecule has 1 amide bonds. The summed E-state index contributed by atoms with van der Waals surface area (Å²) in [7, 11) is 4.80. The monoisotopic (exact) mass is 791 g/mol. The summed E-state index contributed by atoms with van der Waals surface area (Å²) in [5.41, 5.74) is 2.32. The minimum absolute atomic E-state index is 0.0194. The van der Waals surface area contributed by atoms with Gasteiger partial charge in [-0.2, -0.15) is 0 Å². The Labute approximate surface area is 342 Å². The molecule has 10 atom stereocenters. The minimum Gasteiger partial charge on any atom is -0.493 e. The number of hydrogen-bond acceptors (Lipinski definition) is 7. The van der Waals surface area contributed by atoms with Crippen LogP contribution in [0.1, 0.15) is 113 Å². The first-order chi connectivity index (χ1) is 26.4. The van der Waals surface area contributed by atoms with E-state index in [4.69, 9.17) is 31.2 Å². The molecule has 7 rings (SSSR count). The summed E-state index contributed by atoms with van der Waals surface area (Å²) in [5.74, 6) is 4.23. The number of fused-ring (bicyclic) bond motifs is 7. The molecule has 5 aliphatic carbocycles. The van der Waals surface area contributed by atoms with Crippen molar-refractivity contribution in [1.29, 1.82) is 0 Å². The number of ether oxygens (including phenoxy) is 4. The largest absolute Gasteiger partial charge is 0.493 e. The molecular formula is C46H69N3O6S. The molecular weight excluding hydrogens is 723 g/mol. The van der Waals surface area contributed by atoms with Gasteiger partial charge in [0.15, 0.2) is 16.6 Å². The van der Waals surface area contributed by atoms with E-state index >= 15 is 4.79 Å². The van der Waals surface area contributed by atoms with Crippen LogP contribution in [0, 0.1) is 56.7 Å². The van der Waals surface area contributed by atoms with Gasteiger partial charge in [0.25, 0.3) is 0 Å². The van der Waals surface area contributed by atoms with Crippen molar-refractivity contribution in [3.8, 4) is 17.2 Å². The van der Waals surface area contributed by atoms with Crippen LogP contribution in [0.3, 0.4) is 0 Å². The maximum absolute atomic E-state index is 15.2. The molecule has 56 heavy (non-hydrogen) atoms. The molecule has 9 nitrogen and oxygen atoms in total. The highest BCUT2D eigenvalue weighted by Gasteiger charge is 2.70. The highest BCUT2D eigenvalue weighted by atomic mass is 32.1. The van der Waals surface area contributed by atoms with Crippen molar-refractivity contribution < 1.29 is 28.5 Å². The maximum atomic E-state index is 15.2. The van der Waals surface area contributed by atoms with Crippen molar-refractivity contribution in [3.63, 3.8) is 0 Å². The number of methoxy groups -OCH3 is 3. The third-order valence-corrected chi connectivity index (χ3v) is 17.8. The highest BCUT2D eigenvalue weighted by molar-refractivity contribution is 7.80. The molecule has 4 saturated carbocycles. The SMILES string of the molecule is COc1cc(NC(=S)N2CCN(C(=O)[C@]34CC[C@@H](C)[C@H](C)[C@H]3C3=CC[C@@H]5[C@@]6(C)CC[C@H](OC(C)=O)C(C)(C)[C@@H]6CC[C@@]5(C)[C@]3(C)CC4)CC2)cc(OC)c1OC. The molecule has 0 spiro atoms. The van der Waals surface area contributed by atoms with Gasteiger partial charge in [0, 0.05) is 56.3 Å². The molecule has 0 aromatic heterocycles. The normalized spacial score (nSPS) is 38.7. The van der Waals surface area contributed by atoms with E-state index in [9.17, 15) is 4.79 Å². The Bertz CT molecular complexity index is 1730. The Morgan fingerprint density at radius 1 is 0.804 bits per heavy atom. The number of carbonyl (C=O) groups is 2. The molecule has 1 N–H and O–H groups in total. The number of benzene rings is 1. The molecule has 1 aromatic carbocycles. The Morgan fingerprint density at radius 2 is 1.45 bits per heavy atom. The number of esters is 1. The summed E-state index contributed by atoms with van der Waals surface area (Å²) in [5, 5.41) is 4.00. The number of amides is 1. The topological polar surface area (TPSA) is 89.6 Å². The van der Waals surface area contributed by atoms with Crippen LogP contribution in [0.2, 0.25) is 0 Å². The molecule has 1 aliphatic heterocycles. The van der Waals surface area contributed by atoms with Crippen molar-refractivity contribution >= 4 is 34.9 Å². The van der Waals surface area contributed by atoms with Gasteiger partial charge < -0.3 is 34.1 Å². The molecule has 1 heterocycles. The van der Waals surface area contributed by atoms with E-state index in [1.165, 1.54) is 12.8 Å². The van der Waals surface area contributed by atoms with Gasteiger partial charge in [-0.1, -0.05) is 60.1 Å². The van der Waals surface area contributed by atoms with E-state index in [2.05, 4.69) is 69.7 Å². The molecule has 0 radical (unpaired) electrons. The minimum atomic E-state index is -0.358. The quantitative estimate of drug-likeness (QED) is 0.172. The van der Waals surface area contributed by atoms with Crippen LogP contribution < -0.4 is 19.5 Å². The van der Waals surface area contributed by atoms with Gasteiger partial charge in [0.2, 0.25) is 11.7 Å². The first kappa shape index (κ1) is 41.2. The van der Waals surface area contributed by atoms with Crippen molar-refractivity contribution in [1.82, 2.24) is 9.80 Å². The second-order valence-corrected chi connectivity index (χ2v) is 20.3. The number of carbonyl (C=O) groups excluding carboxylic acids is 2. The summed E-state index contributed by atoms with van der Waals surface area (Å²) in [6.07, 6.45) is 12.2. The van der Waals surface area contributed by atoms with Crippen LogP contribution in [0.5, 0.6) is 17.2 Å². The van der Waals surface area contributed by atoms with Crippen molar-refractivity contribution in [2.24, 2.45) is 56.7 Å². The number of nitrogens with zero attached hydrogens (tertiary/aromatic N) is 2. The third-order valence-electron chi connectivity index (χ3n) is 17.4.